The number of halogens is 3. The minimum atomic E-state index is -4.57. The van der Waals surface area contributed by atoms with Gasteiger partial charge in [-0.2, -0.15) is 13.2 Å². The normalized spacial score (nSPS) is 12.2. The second-order valence-electron chi connectivity index (χ2n) is 4.54. The van der Waals surface area contributed by atoms with E-state index in [1.54, 1.807) is 24.3 Å². The van der Waals surface area contributed by atoms with Crippen LogP contribution < -0.4 is 10.6 Å². The average Bonchev–Trinajstić information content (AvgIpc) is 2.42. The van der Waals surface area contributed by atoms with Crippen molar-refractivity contribution >= 4 is 11.5 Å². The third-order valence-corrected chi connectivity index (χ3v) is 2.93. The fourth-order valence-corrected chi connectivity index (χ4v) is 1.71. The van der Waals surface area contributed by atoms with Crippen LogP contribution >= 0.6 is 0 Å². The number of alkyl halides is 3. The van der Waals surface area contributed by atoms with Gasteiger partial charge in [-0.3, -0.25) is 4.79 Å². The summed E-state index contributed by atoms with van der Waals surface area (Å²) in [6, 6.07) is 6.92. The highest BCUT2D eigenvalue weighted by molar-refractivity contribution is 5.97. The Hall–Kier alpha value is -2.08. The van der Waals surface area contributed by atoms with Gasteiger partial charge < -0.3 is 10.6 Å². The summed E-state index contributed by atoms with van der Waals surface area (Å²) in [4.78, 5) is 13.0. The molecule has 1 rings (SSSR count). The van der Waals surface area contributed by atoms with Crippen LogP contribution in [0.15, 0.2) is 48.2 Å². The van der Waals surface area contributed by atoms with Crippen LogP contribution in [0.3, 0.4) is 0 Å². The van der Waals surface area contributed by atoms with Crippen LogP contribution in [0.2, 0.25) is 0 Å². The molecule has 3 nitrogen and oxygen atoms in total. The van der Waals surface area contributed by atoms with E-state index in [2.05, 4.69) is 6.58 Å². The summed E-state index contributed by atoms with van der Waals surface area (Å²) < 4.78 is 37.7. The summed E-state index contributed by atoms with van der Waals surface area (Å²) in [5.41, 5.74) is 5.76. The molecule has 0 saturated carbocycles. The summed E-state index contributed by atoms with van der Waals surface area (Å²) in [7, 11) is 1.52. The van der Waals surface area contributed by atoms with Crippen molar-refractivity contribution in [1.82, 2.24) is 0 Å². The van der Waals surface area contributed by atoms with Crippen LogP contribution in [0.1, 0.15) is 12.5 Å². The van der Waals surface area contributed by atoms with Gasteiger partial charge >= 0.3 is 6.18 Å². The lowest BCUT2D eigenvalue weighted by Gasteiger charge is -2.22. The molecule has 1 aromatic carbocycles. The first-order valence-electron chi connectivity index (χ1n) is 6.18. The topological polar surface area (TPSA) is 46.3 Å². The van der Waals surface area contributed by atoms with Gasteiger partial charge in [0.1, 0.15) is 0 Å². The first-order valence-corrected chi connectivity index (χ1v) is 6.18. The van der Waals surface area contributed by atoms with Gasteiger partial charge in [-0.05, 0) is 23.8 Å². The highest BCUT2D eigenvalue weighted by Gasteiger charge is 2.31. The predicted octanol–water partition coefficient (Wildman–Crippen LogP) is 3.17. The molecule has 2 N–H and O–H groups in total. The van der Waals surface area contributed by atoms with Crippen molar-refractivity contribution in [2.45, 2.75) is 19.6 Å². The van der Waals surface area contributed by atoms with Crippen LogP contribution in [0.5, 0.6) is 0 Å². The number of ketones is 1. The Morgan fingerprint density at radius 1 is 1.43 bits per heavy atom. The van der Waals surface area contributed by atoms with E-state index >= 15 is 0 Å². The van der Waals surface area contributed by atoms with E-state index in [-0.39, 0.29) is 5.70 Å². The van der Waals surface area contributed by atoms with Crippen molar-refractivity contribution in [2.75, 3.05) is 11.9 Å². The molecule has 21 heavy (non-hydrogen) atoms. The van der Waals surface area contributed by atoms with E-state index in [9.17, 15) is 18.0 Å². The van der Waals surface area contributed by atoms with Gasteiger partial charge in [0.2, 0.25) is 0 Å². The number of hydrogen-bond acceptors (Lipinski definition) is 3. The summed E-state index contributed by atoms with van der Waals surface area (Å²) in [5, 5.41) is 0. The maximum atomic E-state index is 12.6. The molecular weight excluding hydrogens is 281 g/mol. The summed E-state index contributed by atoms with van der Waals surface area (Å²) in [5.74, 6) is -0.485. The van der Waals surface area contributed by atoms with Gasteiger partial charge in [0, 0.05) is 26.2 Å². The lowest BCUT2D eigenvalue weighted by Crippen LogP contribution is -2.23. The molecule has 0 spiro atoms. The molecule has 0 aliphatic rings. The Kier molecular flexibility index (Phi) is 5.32. The van der Waals surface area contributed by atoms with Crippen LogP contribution in [0, 0.1) is 0 Å². The summed E-state index contributed by atoms with van der Waals surface area (Å²) in [6.07, 6.45) is -3.82. The van der Waals surface area contributed by atoms with Crippen molar-refractivity contribution in [2.24, 2.45) is 5.73 Å². The summed E-state index contributed by atoms with van der Waals surface area (Å²) in [6.45, 7) is 4.47. The molecule has 1 aromatic rings. The highest BCUT2D eigenvalue weighted by atomic mass is 19.4. The SMILES string of the molecule is C=C(/C=C(/C(C)=O)N(C)c1cccc(CN)c1)C(F)(F)F. The van der Waals surface area contributed by atoms with Gasteiger partial charge in [-0.15, -0.1) is 0 Å². The molecule has 0 unspecified atom stereocenters. The Morgan fingerprint density at radius 2 is 2.05 bits per heavy atom. The fraction of sp³-hybridized carbons (Fsp3) is 0.267. The molecule has 0 fully saturated rings. The number of nitrogens with two attached hydrogens (primary N) is 1. The van der Waals surface area contributed by atoms with Crippen LogP contribution in [0.25, 0.3) is 0 Å². The second-order valence-corrected chi connectivity index (χ2v) is 4.54. The second kappa shape index (κ2) is 6.58. The summed E-state index contributed by atoms with van der Waals surface area (Å²) >= 11 is 0. The number of rotatable bonds is 5. The predicted molar refractivity (Wildman–Crippen MR) is 76.7 cm³/mol. The lowest BCUT2D eigenvalue weighted by molar-refractivity contribution is -0.113. The van der Waals surface area contributed by atoms with Crippen molar-refractivity contribution < 1.29 is 18.0 Å². The zero-order valence-electron chi connectivity index (χ0n) is 11.9. The Bertz CT molecular complexity index is 577. The molecule has 0 heterocycles. The van der Waals surface area contributed by atoms with Crippen LogP contribution in [-0.4, -0.2) is 19.0 Å². The fourth-order valence-electron chi connectivity index (χ4n) is 1.71. The quantitative estimate of drug-likeness (QED) is 0.671. The smallest absolute Gasteiger partial charge is 0.342 e. The molecule has 0 aliphatic heterocycles. The number of Topliss-reactive ketones (excluding diaryl/α,β-unsaturated/α-hetero) is 1. The monoisotopic (exact) mass is 298 g/mol. The largest absolute Gasteiger partial charge is 0.415 e. The van der Waals surface area contributed by atoms with E-state index in [1.165, 1.54) is 18.9 Å². The first-order chi connectivity index (χ1) is 9.66. The number of benzene rings is 1. The number of carbonyl (C=O) groups is 1. The molecule has 0 aliphatic carbocycles. The zero-order chi connectivity index (χ0) is 16.2. The van der Waals surface area contributed by atoms with E-state index in [0.717, 1.165) is 11.6 Å². The Balaban J connectivity index is 3.19. The number of allylic oxidation sites excluding steroid dienone is 3. The van der Waals surface area contributed by atoms with Gasteiger partial charge in [0.15, 0.2) is 5.78 Å². The minimum Gasteiger partial charge on any atom is -0.342 e. The molecular formula is C15H17F3N2O. The Morgan fingerprint density at radius 3 is 2.52 bits per heavy atom. The molecule has 0 aromatic heterocycles. The van der Waals surface area contributed by atoms with E-state index in [1.807, 2.05) is 0 Å². The lowest BCUT2D eigenvalue weighted by atomic mass is 10.1. The molecule has 0 amide bonds. The van der Waals surface area contributed by atoms with Crippen molar-refractivity contribution in [1.29, 1.82) is 0 Å². The third-order valence-electron chi connectivity index (χ3n) is 2.93. The third kappa shape index (κ3) is 4.46. The molecule has 0 radical (unpaired) electrons. The Labute approximate surface area is 121 Å². The van der Waals surface area contributed by atoms with Crippen molar-refractivity contribution in [3.05, 3.63) is 53.8 Å². The minimum absolute atomic E-state index is 0.0912. The van der Waals surface area contributed by atoms with E-state index < -0.39 is 17.5 Å². The van der Waals surface area contributed by atoms with Crippen molar-refractivity contribution in [3.63, 3.8) is 0 Å². The van der Waals surface area contributed by atoms with Gasteiger partial charge in [0.05, 0.1) is 11.3 Å². The highest BCUT2D eigenvalue weighted by Crippen LogP contribution is 2.28. The number of hydrogen-bond donors (Lipinski definition) is 1. The molecule has 0 bridgehead atoms. The number of anilines is 1. The van der Waals surface area contributed by atoms with Gasteiger partial charge in [0.25, 0.3) is 0 Å². The van der Waals surface area contributed by atoms with Crippen LogP contribution in [-0.2, 0) is 11.3 Å². The average molecular weight is 298 g/mol. The first kappa shape index (κ1) is 17.0. The van der Waals surface area contributed by atoms with Crippen molar-refractivity contribution in [3.8, 4) is 0 Å². The molecule has 114 valence electrons. The zero-order valence-corrected chi connectivity index (χ0v) is 11.9. The maximum absolute atomic E-state index is 12.6. The molecule has 6 heteroatoms. The number of carbonyl (C=O) groups excluding carboxylic acids is 1. The maximum Gasteiger partial charge on any atom is 0.415 e. The standard InChI is InChI=1S/C15H17F3N2O/c1-10(15(16,17)18)7-14(11(2)21)20(3)13-6-4-5-12(8-13)9-19/h4-8H,1,9,19H2,2-3H3/b14-7-. The number of likely N-dealkylation sites (N-methyl/N-ethyl adjacent to an activating group) is 1. The van der Waals surface area contributed by atoms with Crippen LogP contribution in [0.4, 0.5) is 18.9 Å². The van der Waals surface area contributed by atoms with Gasteiger partial charge in [-0.1, -0.05) is 18.7 Å². The molecule has 0 atom stereocenters. The van der Waals surface area contributed by atoms with E-state index in [0.29, 0.717) is 12.2 Å². The molecule has 0 saturated heterocycles. The number of nitrogens with zero attached hydrogens (tertiary/aromatic N) is 1. The van der Waals surface area contributed by atoms with Gasteiger partial charge in [-0.25, -0.2) is 0 Å². The van der Waals surface area contributed by atoms with E-state index in [4.69, 9.17) is 5.73 Å².